The van der Waals surface area contributed by atoms with Crippen LogP contribution in [0.3, 0.4) is 0 Å². The molecule has 0 saturated carbocycles. The van der Waals surface area contributed by atoms with Gasteiger partial charge in [0.15, 0.2) is 0 Å². The molecule has 1 heteroatoms. The van der Waals surface area contributed by atoms with Crippen molar-refractivity contribution < 1.29 is 0 Å². The third-order valence-corrected chi connectivity index (χ3v) is 4.16. The number of nitrogens with one attached hydrogen (secondary N) is 1. The molecule has 2 rings (SSSR count). The molecule has 1 aliphatic rings. The van der Waals surface area contributed by atoms with E-state index in [1.807, 2.05) is 13.8 Å². The lowest BCUT2D eigenvalue weighted by molar-refractivity contribution is 0.790. The minimum atomic E-state index is 0.969. The van der Waals surface area contributed by atoms with Gasteiger partial charge >= 0.3 is 0 Å². The second-order valence-electron chi connectivity index (χ2n) is 6.00. The van der Waals surface area contributed by atoms with Crippen molar-refractivity contribution >= 4 is 5.57 Å². The van der Waals surface area contributed by atoms with Crippen LogP contribution in [0.15, 0.2) is 30.0 Å². The first-order chi connectivity index (χ1) is 10.6. The van der Waals surface area contributed by atoms with E-state index in [9.17, 15) is 0 Å². The predicted octanol–water partition coefficient (Wildman–Crippen LogP) is 5.95. The van der Waals surface area contributed by atoms with Crippen molar-refractivity contribution in [3.05, 3.63) is 52.2 Å². The fourth-order valence-corrected chi connectivity index (χ4v) is 2.82. The molecule has 1 aliphatic heterocycles. The summed E-state index contributed by atoms with van der Waals surface area (Å²) in [5.74, 6) is 0. The highest BCUT2D eigenvalue weighted by Crippen LogP contribution is 2.27. The summed E-state index contributed by atoms with van der Waals surface area (Å²) in [5, 5.41) is 3.42. The van der Waals surface area contributed by atoms with Crippen LogP contribution < -0.4 is 5.32 Å². The second kappa shape index (κ2) is 9.50. The molecule has 0 bridgehead atoms. The summed E-state index contributed by atoms with van der Waals surface area (Å²) < 4.78 is 0. The second-order valence-corrected chi connectivity index (χ2v) is 6.00. The molecular formula is C21H33N. The maximum absolute atomic E-state index is 3.42. The van der Waals surface area contributed by atoms with E-state index in [0.29, 0.717) is 0 Å². The molecule has 0 saturated heterocycles. The first-order valence-corrected chi connectivity index (χ1v) is 8.80. The molecule has 1 N–H and O–H groups in total. The van der Waals surface area contributed by atoms with Crippen LogP contribution in [-0.4, -0.2) is 6.54 Å². The number of allylic oxidation sites excluding steroid dienone is 2. The standard InChI is InChI=1S/C19H27N.C2H6/c1-5-6-7-17-11-19(16(4)10-15(17)3)18-9-8-14(2)12-20-13-18;1-2/h8,10-11,13,20H,5-7,9,12H2,1-4H3;1-2H3. The molecule has 0 aliphatic carbocycles. The molecule has 0 atom stereocenters. The summed E-state index contributed by atoms with van der Waals surface area (Å²) in [4.78, 5) is 0. The van der Waals surface area contributed by atoms with Crippen molar-refractivity contribution in [2.45, 2.75) is 67.2 Å². The smallest absolute Gasteiger partial charge is 0.0352 e. The number of benzene rings is 1. The molecule has 122 valence electrons. The Morgan fingerprint density at radius 1 is 1.05 bits per heavy atom. The largest absolute Gasteiger partial charge is 0.387 e. The van der Waals surface area contributed by atoms with Crippen molar-refractivity contribution in [2.75, 3.05) is 6.54 Å². The minimum Gasteiger partial charge on any atom is -0.387 e. The quantitative estimate of drug-likeness (QED) is 0.677. The SMILES string of the molecule is CC.CCCCc1cc(C2=CNCC(C)=CC2)c(C)cc1C. The van der Waals surface area contributed by atoms with Crippen LogP contribution in [0.1, 0.15) is 69.2 Å². The fraction of sp³-hybridized carbons (Fsp3) is 0.524. The lowest BCUT2D eigenvalue weighted by Crippen LogP contribution is -2.07. The van der Waals surface area contributed by atoms with Crippen molar-refractivity contribution in [1.82, 2.24) is 5.32 Å². The summed E-state index contributed by atoms with van der Waals surface area (Å²) in [5.41, 5.74) is 8.60. The summed E-state index contributed by atoms with van der Waals surface area (Å²) in [6.45, 7) is 13.9. The Labute approximate surface area is 137 Å². The third-order valence-electron chi connectivity index (χ3n) is 4.16. The Morgan fingerprint density at radius 3 is 2.45 bits per heavy atom. The van der Waals surface area contributed by atoms with Crippen molar-refractivity contribution in [3.8, 4) is 0 Å². The number of unbranched alkanes of at least 4 members (excludes halogenated alkanes) is 1. The maximum atomic E-state index is 3.42. The number of hydrogen-bond acceptors (Lipinski definition) is 1. The molecule has 22 heavy (non-hydrogen) atoms. The zero-order valence-electron chi connectivity index (χ0n) is 15.3. The highest BCUT2D eigenvalue weighted by molar-refractivity contribution is 5.70. The van der Waals surface area contributed by atoms with E-state index >= 15 is 0 Å². The van der Waals surface area contributed by atoms with Crippen LogP contribution in [0.25, 0.3) is 5.57 Å². The predicted molar refractivity (Wildman–Crippen MR) is 100 cm³/mol. The van der Waals surface area contributed by atoms with Gasteiger partial charge in [0.1, 0.15) is 0 Å². The van der Waals surface area contributed by atoms with E-state index < -0.39 is 0 Å². The Balaban J connectivity index is 0.00000116. The number of aryl methyl sites for hydroxylation is 3. The van der Waals surface area contributed by atoms with Gasteiger partial charge in [0.2, 0.25) is 0 Å². The summed E-state index contributed by atoms with van der Waals surface area (Å²) >= 11 is 0. The summed E-state index contributed by atoms with van der Waals surface area (Å²) in [6, 6.07) is 4.77. The Hall–Kier alpha value is -1.50. The van der Waals surface area contributed by atoms with Crippen LogP contribution in [0, 0.1) is 13.8 Å². The van der Waals surface area contributed by atoms with Gasteiger partial charge in [-0.15, -0.1) is 0 Å². The van der Waals surface area contributed by atoms with Gasteiger partial charge in [-0.2, -0.15) is 0 Å². The van der Waals surface area contributed by atoms with Crippen LogP contribution in [0.4, 0.5) is 0 Å². The van der Waals surface area contributed by atoms with Crippen LogP contribution in [0.2, 0.25) is 0 Å². The van der Waals surface area contributed by atoms with E-state index in [0.717, 1.165) is 13.0 Å². The van der Waals surface area contributed by atoms with Gasteiger partial charge < -0.3 is 5.32 Å². The van der Waals surface area contributed by atoms with Gasteiger partial charge in [-0.25, -0.2) is 0 Å². The topological polar surface area (TPSA) is 12.0 Å². The molecule has 0 radical (unpaired) electrons. The summed E-state index contributed by atoms with van der Waals surface area (Å²) in [7, 11) is 0. The highest BCUT2D eigenvalue weighted by atomic mass is 14.8. The third kappa shape index (κ3) is 5.05. The zero-order chi connectivity index (χ0) is 16.5. The van der Waals surface area contributed by atoms with Crippen LogP contribution in [0.5, 0.6) is 0 Å². The Bertz CT molecular complexity index is 535. The first-order valence-electron chi connectivity index (χ1n) is 8.80. The van der Waals surface area contributed by atoms with Crippen molar-refractivity contribution in [3.63, 3.8) is 0 Å². The lowest BCUT2D eigenvalue weighted by atomic mass is 9.92. The highest BCUT2D eigenvalue weighted by Gasteiger charge is 2.10. The van der Waals surface area contributed by atoms with E-state index in [1.54, 1.807) is 0 Å². The fourth-order valence-electron chi connectivity index (χ4n) is 2.82. The van der Waals surface area contributed by atoms with Gasteiger partial charge in [0.25, 0.3) is 0 Å². The normalized spacial score (nSPS) is 14.1. The van der Waals surface area contributed by atoms with E-state index in [2.05, 4.69) is 57.4 Å². The van der Waals surface area contributed by atoms with E-state index in [4.69, 9.17) is 0 Å². The van der Waals surface area contributed by atoms with E-state index in [1.165, 1.54) is 52.7 Å². The van der Waals surface area contributed by atoms with Crippen molar-refractivity contribution in [2.24, 2.45) is 0 Å². The molecule has 1 nitrogen and oxygen atoms in total. The molecule has 0 amide bonds. The average Bonchev–Trinajstić information content (AvgIpc) is 2.73. The van der Waals surface area contributed by atoms with Gasteiger partial charge in [-0.3, -0.25) is 0 Å². The molecule has 0 spiro atoms. The number of rotatable bonds is 4. The lowest BCUT2D eigenvalue weighted by Gasteiger charge is -2.14. The minimum absolute atomic E-state index is 0.969. The average molecular weight is 300 g/mol. The molecule has 0 aromatic heterocycles. The Morgan fingerprint density at radius 2 is 1.77 bits per heavy atom. The van der Waals surface area contributed by atoms with Gasteiger partial charge in [-0.1, -0.05) is 51.0 Å². The van der Waals surface area contributed by atoms with Gasteiger partial charge in [0.05, 0.1) is 0 Å². The molecule has 1 aromatic rings. The van der Waals surface area contributed by atoms with Gasteiger partial charge in [-0.05, 0) is 67.9 Å². The number of hydrogen-bond donors (Lipinski definition) is 1. The molecule has 1 heterocycles. The molecular weight excluding hydrogens is 266 g/mol. The van der Waals surface area contributed by atoms with Crippen LogP contribution in [-0.2, 0) is 6.42 Å². The van der Waals surface area contributed by atoms with Crippen LogP contribution >= 0.6 is 0 Å². The monoisotopic (exact) mass is 299 g/mol. The molecule has 1 aromatic carbocycles. The maximum Gasteiger partial charge on any atom is 0.0352 e. The van der Waals surface area contributed by atoms with Gasteiger partial charge in [0, 0.05) is 12.7 Å². The summed E-state index contributed by atoms with van der Waals surface area (Å²) in [6.07, 6.45) is 9.32. The Kier molecular flexibility index (Phi) is 8.01. The molecule has 0 unspecified atom stereocenters. The van der Waals surface area contributed by atoms with E-state index in [-0.39, 0.29) is 0 Å². The first kappa shape index (κ1) is 18.5. The zero-order valence-corrected chi connectivity index (χ0v) is 15.3. The molecule has 0 fully saturated rings. The van der Waals surface area contributed by atoms with Crippen molar-refractivity contribution in [1.29, 1.82) is 0 Å².